The van der Waals surface area contributed by atoms with Crippen LogP contribution in [-0.4, -0.2) is 44.2 Å². The fourth-order valence-electron chi connectivity index (χ4n) is 2.97. The first-order valence-corrected chi connectivity index (χ1v) is 11.9. The maximum Gasteiger partial charge on any atom is 0.258 e. The zero-order valence-corrected chi connectivity index (χ0v) is 21.8. The van der Waals surface area contributed by atoms with Crippen LogP contribution in [0.5, 0.6) is 23.0 Å². The molecule has 0 saturated heterocycles. The number of azo groups is 1. The number of nitrogens with one attached hydrogen (secondary N) is 1. The first-order valence-electron chi connectivity index (χ1n) is 11.2. The summed E-state index contributed by atoms with van der Waals surface area (Å²) in [4.78, 5) is 25.2. The van der Waals surface area contributed by atoms with Gasteiger partial charge in [-0.05, 0) is 52.8 Å². The van der Waals surface area contributed by atoms with Crippen molar-refractivity contribution >= 4 is 46.3 Å². The number of nitrogens with zero attached hydrogens (tertiary/aromatic N) is 2. The van der Waals surface area contributed by atoms with Crippen molar-refractivity contribution in [3.05, 3.63) is 34.3 Å². The van der Waals surface area contributed by atoms with Gasteiger partial charge >= 0.3 is 0 Å². The first-order chi connectivity index (χ1) is 16.8. The molecule has 2 aromatic carbocycles. The summed E-state index contributed by atoms with van der Waals surface area (Å²) in [5.74, 6) is 0.275. The Bertz CT molecular complexity index is 1080. The van der Waals surface area contributed by atoms with E-state index in [9.17, 15) is 9.59 Å². The molecule has 0 fully saturated rings. The zero-order valence-electron chi connectivity index (χ0n) is 20.3. The molecule has 0 spiro atoms. The van der Waals surface area contributed by atoms with Gasteiger partial charge in [-0.3, -0.25) is 9.59 Å². The molecule has 1 N–H and O–H groups in total. The third-order valence-electron chi connectivity index (χ3n) is 4.44. The summed E-state index contributed by atoms with van der Waals surface area (Å²) < 4.78 is 22.2. The van der Waals surface area contributed by atoms with Crippen molar-refractivity contribution in [2.75, 3.05) is 31.7 Å². The average Bonchev–Trinajstić information content (AvgIpc) is 2.80. The Hall–Kier alpha value is -3.04. The van der Waals surface area contributed by atoms with Gasteiger partial charge in [0.05, 0.1) is 37.1 Å². The number of carbonyl (C=O) groups is 2. The Labute approximate surface area is 214 Å². The Morgan fingerprint density at radius 3 is 2.09 bits per heavy atom. The van der Waals surface area contributed by atoms with E-state index in [-0.39, 0.29) is 21.4 Å². The fraction of sp³-hybridized carbons (Fsp3) is 0.417. The van der Waals surface area contributed by atoms with Crippen molar-refractivity contribution in [3.8, 4) is 23.0 Å². The van der Waals surface area contributed by atoms with Crippen LogP contribution in [0.1, 0.15) is 34.6 Å². The second-order valence-corrected chi connectivity index (χ2v) is 7.74. The molecule has 9 nitrogen and oxygen atoms in total. The summed E-state index contributed by atoms with van der Waals surface area (Å²) in [6.07, 6.45) is 0. The molecule has 0 aliphatic heterocycles. The number of carbonyl (C=O) groups excluding carboxylic acids is 2. The molecule has 190 valence electrons. The molecule has 0 radical (unpaired) electrons. The zero-order chi connectivity index (χ0) is 26.0. The number of rotatable bonds is 13. The third-order valence-corrected chi connectivity index (χ3v) is 5.10. The molecule has 1 atom stereocenters. The molecule has 0 bridgehead atoms. The van der Waals surface area contributed by atoms with Crippen LogP contribution >= 0.6 is 23.2 Å². The van der Waals surface area contributed by atoms with E-state index >= 15 is 0 Å². The van der Waals surface area contributed by atoms with Gasteiger partial charge in [-0.25, -0.2) is 0 Å². The van der Waals surface area contributed by atoms with E-state index in [1.54, 1.807) is 32.0 Å². The lowest BCUT2D eigenvalue weighted by molar-refractivity contribution is -0.126. The number of anilines is 1. The minimum absolute atomic E-state index is 0.154. The topological polar surface area (TPSA) is 108 Å². The van der Waals surface area contributed by atoms with Gasteiger partial charge < -0.3 is 24.3 Å². The Morgan fingerprint density at radius 2 is 1.49 bits per heavy atom. The molecule has 0 heterocycles. The number of hydrogen-bond donors (Lipinski definition) is 1. The van der Waals surface area contributed by atoms with Gasteiger partial charge in [0.15, 0.2) is 17.3 Å². The van der Waals surface area contributed by atoms with Gasteiger partial charge in [0.25, 0.3) is 5.91 Å². The van der Waals surface area contributed by atoms with E-state index in [0.717, 1.165) is 0 Å². The van der Waals surface area contributed by atoms with E-state index in [4.69, 9.17) is 42.1 Å². The molecule has 2 aromatic rings. The number of ether oxygens (including phenoxy) is 4. The molecule has 0 aromatic heterocycles. The Morgan fingerprint density at radius 1 is 0.886 bits per heavy atom. The Balaban J connectivity index is 2.34. The minimum atomic E-state index is -1.44. The average molecular weight is 526 g/mol. The highest BCUT2D eigenvalue weighted by molar-refractivity contribution is 6.34. The minimum Gasteiger partial charge on any atom is -0.492 e. The lowest BCUT2D eigenvalue weighted by Gasteiger charge is -2.16. The number of amides is 1. The second kappa shape index (κ2) is 13.7. The number of hydrogen-bond acceptors (Lipinski definition) is 8. The third kappa shape index (κ3) is 7.47. The van der Waals surface area contributed by atoms with Crippen LogP contribution in [0.4, 0.5) is 11.4 Å². The van der Waals surface area contributed by atoms with Crippen molar-refractivity contribution < 1.29 is 28.5 Å². The SMILES string of the molecule is CCOc1cc(OCC)c(NC(=O)C(N=Nc2ccc(OCC)c(OCC)c2Cl)C(C)=O)cc1Cl. The molecule has 1 unspecified atom stereocenters. The number of halogens is 2. The van der Waals surface area contributed by atoms with Crippen LogP contribution in [-0.2, 0) is 9.59 Å². The summed E-state index contributed by atoms with van der Waals surface area (Å²) in [6.45, 7) is 10.0. The molecular weight excluding hydrogens is 497 g/mol. The van der Waals surface area contributed by atoms with Crippen LogP contribution in [0.3, 0.4) is 0 Å². The standard InChI is InChI=1S/C24H29Cl2N3O6/c1-6-32-18-11-10-16(21(26)23(18)35-9-4)28-29-22(14(5)30)24(31)27-17-12-15(25)19(33-7-2)13-20(17)34-8-3/h10-13,22H,6-9H2,1-5H3,(H,27,31). The van der Waals surface area contributed by atoms with Crippen molar-refractivity contribution in [1.29, 1.82) is 0 Å². The van der Waals surface area contributed by atoms with Crippen molar-refractivity contribution in [2.45, 2.75) is 40.7 Å². The molecule has 35 heavy (non-hydrogen) atoms. The molecule has 1 amide bonds. The maximum absolute atomic E-state index is 13.0. The van der Waals surface area contributed by atoms with Crippen LogP contribution in [0.25, 0.3) is 0 Å². The van der Waals surface area contributed by atoms with Gasteiger partial charge in [-0.1, -0.05) is 23.2 Å². The molecule has 0 aliphatic rings. The molecule has 11 heteroatoms. The van der Waals surface area contributed by atoms with E-state index in [2.05, 4.69) is 15.5 Å². The monoisotopic (exact) mass is 525 g/mol. The maximum atomic E-state index is 13.0. The normalized spacial score (nSPS) is 11.7. The molecule has 0 saturated carbocycles. The van der Waals surface area contributed by atoms with Crippen molar-refractivity contribution in [3.63, 3.8) is 0 Å². The molecule has 0 aliphatic carbocycles. The summed E-state index contributed by atoms with van der Waals surface area (Å²) >= 11 is 12.7. The van der Waals surface area contributed by atoms with E-state index in [0.29, 0.717) is 49.4 Å². The van der Waals surface area contributed by atoms with Gasteiger partial charge in [-0.15, -0.1) is 0 Å². The van der Waals surface area contributed by atoms with E-state index in [1.807, 2.05) is 13.8 Å². The summed E-state index contributed by atoms with van der Waals surface area (Å²) in [7, 11) is 0. The second-order valence-electron chi connectivity index (χ2n) is 6.95. The van der Waals surface area contributed by atoms with Crippen LogP contribution in [0.2, 0.25) is 10.0 Å². The number of benzene rings is 2. The van der Waals surface area contributed by atoms with Gasteiger partial charge in [0, 0.05) is 6.07 Å². The summed E-state index contributed by atoms with van der Waals surface area (Å²) in [6, 6.07) is 4.82. The lowest BCUT2D eigenvalue weighted by atomic mass is 10.2. The van der Waals surface area contributed by atoms with Crippen LogP contribution in [0, 0.1) is 0 Å². The number of ketones is 1. The summed E-state index contributed by atoms with van der Waals surface area (Å²) in [5.41, 5.74) is 0.487. The van der Waals surface area contributed by atoms with Crippen molar-refractivity contribution in [1.82, 2.24) is 0 Å². The van der Waals surface area contributed by atoms with Gasteiger partial charge in [0.2, 0.25) is 6.04 Å². The largest absolute Gasteiger partial charge is 0.492 e. The predicted molar refractivity (Wildman–Crippen MR) is 135 cm³/mol. The molecular formula is C24H29Cl2N3O6. The highest BCUT2D eigenvalue weighted by Gasteiger charge is 2.25. The highest BCUT2D eigenvalue weighted by atomic mass is 35.5. The quantitative estimate of drug-likeness (QED) is 0.244. The molecule has 2 rings (SSSR count). The highest BCUT2D eigenvalue weighted by Crippen LogP contribution is 2.42. The first kappa shape index (κ1) is 28.2. The smallest absolute Gasteiger partial charge is 0.258 e. The fourth-order valence-corrected chi connectivity index (χ4v) is 3.43. The van der Waals surface area contributed by atoms with Crippen LogP contribution < -0.4 is 24.3 Å². The van der Waals surface area contributed by atoms with Crippen LogP contribution in [0.15, 0.2) is 34.5 Å². The lowest BCUT2D eigenvalue weighted by Crippen LogP contribution is -2.32. The summed E-state index contributed by atoms with van der Waals surface area (Å²) in [5, 5.41) is 11.1. The van der Waals surface area contributed by atoms with Gasteiger partial charge in [0.1, 0.15) is 22.2 Å². The van der Waals surface area contributed by atoms with E-state index < -0.39 is 17.7 Å². The van der Waals surface area contributed by atoms with E-state index in [1.165, 1.54) is 13.0 Å². The predicted octanol–water partition coefficient (Wildman–Crippen LogP) is 6.27. The number of Topliss-reactive ketones (excluding diaryl/α,β-unsaturated/α-hetero) is 1. The van der Waals surface area contributed by atoms with Crippen molar-refractivity contribution in [2.24, 2.45) is 10.2 Å². The Kier molecular flexibility index (Phi) is 11.1. The van der Waals surface area contributed by atoms with Gasteiger partial charge in [-0.2, -0.15) is 10.2 Å².